The number of fused-ring (bicyclic) bond motifs is 1. The van der Waals surface area contributed by atoms with E-state index in [2.05, 4.69) is 10.3 Å². The van der Waals surface area contributed by atoms with Crippen LogP contribution in [-0.4, -0.2) is 29.9 Å². The van der Waals surface area contributed by atoms with Crippen molar-refractivity contribution < 1.29 is 22.8 Å². The van der Waals surface area contributed by atoms with Crippen molar-refractivity contribution in [2.75, 3.05) is 18.0 Å². The number of pyridine rings is 1. The van der Waals surface area contributed by atoms with Crippen LogP contribution in [0.1, 0.15) is 17.5 Å². The zero-order valence-electron chi connectivity index (χ0n) is 16.0. The zero-order chi connectivity index (χ0) is 21.3. The number of amides is 2. The van der Waals surface area contributed by atoms with Gasteiger partial charge in [0.25, 0.3) is 0 Å². The lowest BCUT2D eigenvalue weighted by Crippen LogP contribution is -2.31. The molecule has 2 aliphatic rings. The van der Waals surface area contributed by atoms with E-state index in [0.29, 0.717) is 19.5 Å². The lowest BCUT2D eigenvalue weighted by Gasteiger charge is -2.21. The molecule has 30 heavy (non-hydrogen) atoms. The summed E-state index contributed by atoms with van der Waals surface area (Å²) < 4.78 is 38.7. The highest BCUT2D eigenvalue weighted by atomic mass is 19.4. The van der Waals surface area contributed by atoms with E-state index in [9.17, 15) is 22.8 Å². The van der Waals surface area contributed by atoms with Crippen molar-refractivity contribution in [1.82, 2.24) is 10.3 Å². The van der Waals surface area contributed by atoms with Crippen LogP contribution < -0.4 is 10.2 Å². The molecule has 0 radical (unpaired) electrons. The van der Waals surface area contributed by atoms with Crippen LogP contribution in [0.2, 0.25) is 0 Å². The third-order valence-electron chi connectivity index (χ3n) is 5.65. The molecule has 1 saturated heterocycles. The average Bonchev–Trinajstić information content (AvgIpc) is 3.30. The number of carbonyl (C=O) groups is 2. The minimum absolute atomic E-state index is 0.132. The standard InChI is InChI=1S/C22H20F3N3O2/c23-22(24,25)15-4-1-5-16(11-15)28-13-18-17(20(18)21(28)30)8-10-27-19(29)7-6-14-3-2-9-26-12-14/h1-7,9,11-12,17-18,20H,8,10,13H2,(H,27,29)/b7-6+/t17-,18-,20+/m0/s1. The fourth-order valence-electron chi connectivity index (χ4n) is 4.08. The second kappa shape index (κ2) is 7.93. The predicted molar refractivity (Wildman–Crippen MR) is 105 cm³/mol. The molecule has 1 aromatic carbocycles. The van der Waals surface area contributed by atoms with Crippen molar-refractivity contribution in [2.24, 2.45) is 17.8 Å². The minimum atomic E-state index is -4.44. The zero-order valence-corrected chi connectivity index (χ0v) is 16.0. The van der Waals surface area contributed by atoms with Crippen LogP contribution in [-0.2, 0) is 15.8 Å². The van der Waals surface area contributed by atoms with Crippen molar-refractivity contribution in [2.45, 2.75) is 12.6 Å². The van der Waals surface area contributed by atoms with Crippen LogP contribution in [0.15, 0.2) is 54.9 Å². The molecule has 2 heterocycles. The highest BCUT2D eigenvalue weighted by Crippen LogP contribution is 2.55. The van der Waals surface area contributed by atoms with Gasteiger partial charge in [-0.2, -0.15) is 13.2 Å². The molecule has 1 N–H and O–H groups in total. The molecule has 0 spiro atoms. The monoisotopic (exact) mass is 415 g/mol. The lowest BCUT2D eigenvalue weighted by atomic mass is 10.1. The van der Waals surface area contributed by atoms with E-state index in [-0.39, 0.29) is 35.3 Å². The molecule has 4 rings (SSSR count). The normalized spacial score (nSPS) is 23.0. The number of rotatable bonds is 6. The minimum Gasteiger partial charge on any atom is -0.353 e. The molecular weight excluding hydrogens is 395 g/mol. The second-order valence-corrected chi connectivity index (χ2v) is 7.55. The second-order valence-electron chi connectivity index (χ2n) is 7.55. The Bertz CT molecular complexity index is 975. The molecule has 8 heteroatoms. The van der Waals surface area contributed by atoms with Crippen molar-refractivity contribution in [1.29, 1.82) is 0 Å². The van der Waals surface area contributed by atoms with Crippen LogP contribution in [0.25, 0.3) is 6.08 Å². The first-order chi connectivity index (χ1) is 14.3. The van der Waals surface area contributed by atoms with Crippen molar-refractivity contribution in [3.63, 3.8) is 0 Å². The van der Waals surface area contributed by atoms with Crippen LogP contribution in [0.4, 0.5) is 18.9 Å². The number of carbonyl (C=O) groups excluding carboxylic acids is 2. The van der Waals surface area contributed by atoms with Gasteiger partial charge in [0.05, 0.1) is 5.56 Å². The Morgan fingerprint density at radius 2 is 2.10 bits per heavy atom. The summed E-state index contributed by atoms with van der Waals surface area (Å²) in [5.41, 5.74) is 0.353. The number of benzene rings is 1. The quantitative estimate of drug-likeness (QED) is 0.735. The number of nitrogens with zero attached hydrogens (tertiary/aromatic N) is 2. The summed E-state index contributed by atoms with van der Waals surface area (Å²) in [5, 5.41) is 2.80. The molecule has 0 bridgehead atoms. The summed E-state index contributed by atoms with van der Waals surface area (Å²) in [7, 11) is 0. The molecule has 2 amide bonds. The van der Waals surface area contributed by atoms with E-state index < -0.39 is 11.7 Å². The summed E-state index contributed by atoms with van der Waals surface area (Å²) in [5.74, 6) is -0.215. The number of halogens is 3. The Morgan fingerprint density at radius 1 is 1.27 bits per heavy atom. The first kappa shape index (κ1) is 20.1. The van der Waals surface area contributed by atoms with Crippen LogP contribution in [0.3, 0.4) is 0 Å². The number of hydrogen-bond donors (Lipinski definition) is 1. The van der Waals surface area contributed by atoms with Crippen molar-refractivity contribution >= 4 is 23.6 Å². The van der Waals surface area contributed by atoms with Gasteiger partial charge in [-0.05, 0) is 54.2 Å². The maximum Gasteiger partial charge on any atom is 0.416 e. The van der Waals surface area contributed by atoms with E-state index in [1.807, 2.05) is 6.07 Å². The van der Waals surface area contributed by atoms with Gasteiger partial charge >= 0.3 is 6.18 Å². The fraction of sp³-hybridized carbons (Fsp3) is 0.318. The molecule has 156 valence electrons. The van der Waals surface area contributed by atoms with Gasteiger partial charge in [0.2, 0.25) is 11.8 Å². The Hall–Kier alpha value is -3.16. The van der Waals surface area contributed by atoms with Gasteiger partial charge in [0.1, 0.15) is 0 Å². The highest BCUT2D eigenvalue weighted by molar-refractivity contribution is 6.00. The van der Waals surface area contributed by atoms with Crippen LogP contribution >= 0.6 is 0 Å². The van der Waals surface area contributed by atoms with Gasteiger partial charge in [0.15, 0.2) is 0 Å². The Kier molecular flexibility index (Phi) is 5.32. The summed E-state index contributed by atoms with van der Waals surface area (Å²) in [6, 6.07) is 8.49. The largest absolute Gasteiger partial charge is 0.416 e. The number of anilines is 1. The SMILES string of the molecule is O=C(/C=C/c1cccnc1)NCC[C@H]1[C@@H]2CN(c3cccc(C(F)(F)F)c3)C(=O)[C@H]12. The van der Waals surface area contributed by atoms with Gasteiger partial charge in [0, 0.05) is 43.2 Å². The molecule has 2 aromatic rings. The maximum atomic E-state index is 12.9. The van der Waals surface area contributed by atoms with Crippen molar-refractivity contribution in [3.8, 4) is 0 Å². The smallest absolute Gasteiger partial charge is 0.353 e. The third kappa shape index (κ3) is 4.22. The topological polar surface area (TPSA) is 62.3 Å². The molecule has 1 aromatic heterocycles. The molecule has 0 unspecified atom stereocenters. The van der Waals surface area contributed by atoms with Gasteiger partial charge in [-0.1, -0.05) is 12.1 Å². The third-order valence-corrected chi connectivity index (χ3v) is 5.65. The van der Waals surface area contributed by atoms with Gasteiger partial charge in [-0.15, -0.1) is 0 Å². The summed E-state index contributed by atoms with van der Waals surface area (Å²) in [6.45, 7) is 0.870. The van der Waals surface area contributed by atoms with Crippen LogP contribution in [0.5, 0.6) is 0 Å². The van der Waals surface area contributed by atoms with E-state index in [1.165, 1.54) is 23.1 Å². The summed E-state index contributed by atoms with van der Waals surface area (Å²) in [4.78, 5) is 29.9. The van der Waals surface area contributed by atoms with Gasteiger partial charge in [-0.3, -0.25) is 14.6 Å². The molecule has 3 atom stereocenters. The molecule has 1 saturated carbocycles. The molecule has 1 aliphatic heterocycles. The van der Waals surface area contributed by atoms with Crippen molar-refractivity contribution in [3.05, 3.63) is 66.0 Å². The number of aromatic nitrogens is 1. The Balaban J connectivity index is 1.25. The van der Waals surface area contributed by atoms with Crippen LogP contribution in [0, 0.1) is 17.8 Å². The molecule has 1 aliphatic carbocycles. The number of nitrogens with one attached hydrogen (secondary N) is 1. The number of hydrogen-bond acceptors (Lipinski definition) is 3. The lowest BCUT2D eigenvalue weighted by molar-refractivity contribution is -0.137. The number of alkyl halides is 3. The van der Waals surface area contributed by atoms with Gasteiger partial charge < -0.3 is 10.2 Å². The first-order valence-corrected chi connectivity index (χ1v) is 9.69. The highest BCUT2D eigenvalue weighted by Gasteiger charge is 2.61. The predicted octanol–water partition coefficient (Wildman–Crippen LogP) is 3.53. The van der Waals surface area contributed by atoms with E-state index >= 15 is 0 Å². The summed E-state index contributed by atoms with van der Waals surface area (Å²) >= 11 is 0. The first-order valence-electron chi connectivity index (χ1n) is 9.69. The Morgan fingerprint density at radius 3 is 2.77 bits per heavy atom. The van der Waals surface area contributed by atoms with E-state index in [0.717, 1.165) is 17.7 Å². The number of piperidine rings is 1. The fourth-order valence-corrected chi connectivity index (χ4v) is 4.08. The van der Waals surface area contributed by atoms with Gasteiger partial charge in [-0.25, -0.2) is 0 Å². The summed E-state index contributed by atoms with van der Waals surface area (Å²) in [6.07, 6.45) is 2.64. The Labute approximate surface area is 171 Å². The molecular formula is C22H20F3N3O2. The van der Waals surface area contributed by atoms with E-state index in [1.54, 1.807) is 24.5 Å². The average molecular weight is 415 g/mol. The molecule has 2 fully saturated rings. The van der Waals surface area contributed by atoms with E-state index in [4.69, 9.17) is 0 Å². The maximum absolute atomic E-state index is 12.9. The molecule has 5 nitrogen and oxygen atoms in total.